The summed E-state index contributed by atoms with van der Waals surface area (Å²) in [4.78, 5) is 7.59. The molecule has 0 saturated carbocycles. The Kier molecular flexibility index (Phi) is 2.72. The van der Waals surface area contributed by atoms with Crippen molar-refractivity contribution in [2.45, 2.75) is 12.4 Å². The zero-order valence-corrected chi connectivity index (χ0v) is 17.8. The van der Waals surface area contributed by atoms with Crippen LogP contribution in [0.4, 0.5) is 34.3 Å². The zero-order chi connectivity index (χ0) is 21.3. The van der Waals surface area contributed by atoms with Gasteiger partial charge in [-0.1, -0.05) is 60.7 Å². The van der Waals surface area contributed by atoms with Crippen LogP contribution in [0.15, 0.2) is 95.4 Å². The molecule has 0 saturated heterocycles. The number of anilines is 6. The molecule has 4 aliphatic heterocycles. The fraction of sp³-hybridized carbons (Fsp3) is 0.0714. The number of para-hydroxylation sites is 4. The Morgan fingerprint density at radius 2 is 1.39 bits per heavy atom. The van der Waals surface area contributed by atoms with E-state index in [-0.39, 0.29) is 12.9 Å². The van der Waals surface area contributed by atoms with Crippen molar-refractivity contribution in [1.29, 1.82) is 0 Å². The molecule has 33 heavy (non-hydrogen) atoms. The second-order valence-electron chi connectivity index (χ2n) is 9.36. The van der Waals surface area contributed by atoms with Crippen LogP contribution in [-0.2, 0) is 6.42 Å². The van der Waals surface area contributed by atoms with Crippen molar-refractivity contribution in [2.24, 2.45) is 0 Å². The number of furan rings is 1. The van der Waals surface area contributed by atoms with E-state index in [2.05, 4.69) is 106 Å². The zero-order valence-electron chi connectivity index (χ0n) is 17.8. The summed E-state index contributed by atoms with van der Waals surface area (Å²) in [5, 5.41) is 1.24. The minimum absolute atomic E-state index is 0.125. The lowest BCUT2D eigenvalue weighted by Gasteiger charge is -2.44. The summed E-state index contributed by atoms with van der Waals surface area (Å²) in [6.45, 7) is 0.125. The Bertz CT molecular complexity index is 1660. The predicted molar refractivity (Wildman–Crippen MR) is 134 cm³/mol. The highest BCUT2D eigenvalue weighted by atomic mass is 16.4. The SMILES string of the molecule is c1ccc2c(c1)CC1B3N(c4ccccc4N21)c1oc2cccc4c2c1N3c1ccccc1-4. The van der Waals surface area contributed by atoms with E-state index >= 15 is 0 Å². The van der Waals surface area contributed by atoms with Crippen molar-refractivity contribution in [3.63, 3.8) is 0 Å². The van der Waals surface area contributed by atoms with Gasteiger partial charge in [-0.15, -0.1) is 0 Å². The van der Waals surface area contributed by atoms with Crippen LogP contribution in [-0.4, -0.2) is 12.9 Å². The Hall–Kier alpha value is -4.12. The molecule has 5 heteroatoms. The van der Waals surface area contributed by atoms with Crippen molar-refractivity contribution >= 4 is 52.3 Å². The third-order valence-electron chi connectivity index (χ3n) is 7.87. The van der Waals surface area contributed by atoms with Crippen LogP contribution in [0, 0.1) is 0 Å². The van der Waals surface area contributed by atoms with Crippen LogP contribution in [0.3, 0.4) is 0 Å². The van der Waals surface area contributed by atoms with Crippen molar-refractivity contribution < 1.29 is 4.42 Å². The molecule has 0 amide bonds. The summed E-state index contributed by atoms with van der Waals surface area (Å²) < 4.78 is 6.65. The van der Waals surface area contributed by atoms with Gasteiger partial charge >= 0.3 is 6.98 Å². The minimum atomic E-state index is 0.125. The highest BCUT2D eigenvalue weighted by Gasteiger charge is 2.58. The molecule has 0 spiro atoms. The van der Waals surface area contributed by atoms with Crippen LogP contribution in [0.1, 0.15) is 5.56 Å². The van der Waals surface area contributed by atoms with Crippen molar-refractivity contribution in [1.82, 2.24) is 0 Å². The largest absolute Gasteiger partial charge is 0.439 e. The smallest absolute Gasteiger partial charge is 0.412 e. The van der Waals surface area contributed by atoms with Gasteiger partial charge in [0.15, 0.2) is 0 Å². The maximum absolute atomic E-state index is 6.65. The van der Waals surface area contributed by atoms with Crippen molar-refractivity contribution in [2.75, 3.05) is 14.5 Å². The van der Waals surface area contributed by atoms with Crippen LogP contribution in [0.5, 0.6) is 0 Å². The van der Waals surface area contributed by atoms with Crippen molar-refractivity contribution in [3.05, 3.63) is 96.6 Å². The van der Waals surface area contributed by atoms with E-state index < -0.39 is 0 Å². The quantitative estimate of drug-likeness (QED) is 0.255. The summed E-state index contributed by atoms with van der Waals surface area (Å²) in [6, 6.07) is 32.9. The lowest BCUT2D eigenvalue weighted by atomic mass is 9.60. The number of fused-ring (bicyclic) bond motifs is 13. The summed E-state index contributed by atoms with van der Waals surface area (Å²) in [5.41, 5.74) is 11.2. The molecule has 1 aromatic heterocycles. The number of hydrogen-bond donors (Lipinski definition) is 0. The van der Waals surface area contributed by atoms with E-state index in [1.54, 1.807) is 0 Å². The fourth-order valence-corrected chi connectivity index (χ4v) is 6.70. The van der Waals surface area contributed by atoms with Gasteiger partial charge in [0.05, 0.1) is 22.7 Å². The monoisotopic (exact) mass is 423 g/mol. The van der Waals surface area contributed by atoms with Crippen LogP contribution in [0.25, 0.3) is 22.1 Å². The molecule has 5 aromatic rings. The Labute approximate surface area is 191 Å². The third kappa shape index (κ3) is 1.77. The molecule has 0 N–H and O–H groups in total. The molecule has 0 radical (unpaired) electrons. The van der Waals surface area contributed by atoms with E-state index in [0.717, 1.165) is 17.9 Å². The molecule has 1 atom stereocenters. The first-order chi connectivity index (χ1) is 16.4. The average Bonchev–Trinajstić information content (AvgIpc) is 3.53. The topological polar surface area (TPSA) is 22.9 Å². The standard InChI is InChI=1S/C28H18BN3O/c1-3-11-20-17(8-1)16-25-29-31-21-12-4-2-9-18(21)19-10-7-15-24-26(19)27(31)28(33-24)32(29)23-14-6-5-13-22(23)30(20)25/h1-15,25H,16H2. The van der Waals surface area contributed by atoms with Gasteiger partial charge in [-0.25, -0.2) is 0 Å². The molecule has 5 heterocycles. The van der Waals surface area contributed by atoms with E-state index in [0.29, 0.717) is 0 Å². The van der Waals surface area contributed by atoms with Gasteiger partial charge in [-0.2, -0.15) is 0 Å². The van der Waals surface area contributed by atoms with Crippen LogP contribution >= 0.6 is 0 Å². The maximum atomic E-state index is 6.65. The lowest BCUT2D eigenvalue weighted by Crippen LogP contribution is -2.60. The number of nitrogens with zero attached hydrogens (tertiary/aromatic N) is 3. The second-order valence-corrected chi connectivity index (χ2v) is 9.36. The van der Waals surface area contributed by atoms with Gasteiger partial charge in [0.1, 0.15) is 11.3 Å². The molecule has 4 nitrogen and oxygen atoms in total. The van der Waals surface area contributed by atoms with Gasteiger partial charge < -0.3 is 18.9 Å². The molecule has 0 fully saturated rings. The van der Waals surface area contributed by atoms with Crippen LogP contribution < -0.4 is 14.5 Å². The summed E-state index contributed by atoms with van der Waals surface area (Å²) in [5.74, 6) is 1.26. The minimum Gasteiger partial charge on any atom is -0.439 e. The highest BCUT2D eigenvalue weighted by molar-refractivity contribution is 6.77. The van der Waals surface area contributed by atoms with Gasteiger partial charge in [0.25, 0.3) is 0 Å². The molecular weight excluding hydrogens is 405 g/mol. The maximum Gasteiger partial charge on any atom is 0.412 e. The second kappa shape index (κ2) is 5.44. The Morgan fingerprint density at radius 3 is 2.30 bits per heavy atom. The number of rotatable bonds is 0. The lowest BCUT2D eigenvalue weighted by molar-refractivity contribution is 0.626. The molecule has 4 aromatic carbocycles. The molecule has 4 aliphatic rings. The Morgan fingerprint density at radius 1 is 0.667 bits per heavy atom. The van der Waals surface area contributed by atoms with E-state index in [4.69, 9.17) is 4.42 Å². The van der Waals surface area contributed by atoms with E-state index in [9.17, 15) is 0 Å². The summed E-state index contributed by atoms with van der Waals surface area (Å²) in [6.07, 6.45) is 1.01. The first kappa shape index (κ1) is 16.5. The normalized spacial score (nSPS) is 18.2. The van der Waals surface area contributed by atoms with E-state index in [1.807, 2.05) is 0 Å². The molecule has 0 aliphatic carbocycles. The summed E-state index contributed by atoms with van der Waals surface area (Å²) >= 11 is 0. The van der Waals surface area contributed by atoms with Gasteiger partial charge in [0, 0.05) is 16.9 Å². The van der Waals surface area contributed by atoms with Gasteiger partial charge in [-0.3, -0.25) is 0 Å². The summed E-state index contributed by atoms with van der Waals surface area (Å²) in [7, 11) is 0. The first-order valence-corrected chi connectivity index (χ1v) is 11.6. The number of benzene rings is 4. The van der Waals surface area contributed by atoms with Gasteiger partial charge in [-0.05, 0) is 47.9 Å². The van der Waals surface area contributed by atoms with E-state index in [1.165, 1.54) is 50.5 Å². The average molecular weight is 423 g/mol. The van der Waals surface area contributed by atoms with Crippen LogP contribution in [0.2, 0.25) is 0 Å². The molecule has 154 valence electrons. The highest BCUT2D eigenvalue weighted by Crippen LogP contribution is 2.62. The fourth-order valence-electron chi connectivity index (χ4n) is 6.70. The molecule has 9 rings (SSSR count). The number of hydrogen-bond acceptors (Lipinski definition) is 4. The van der Waals surface area contributed by atoms with Crippen molar-refractivity contribution in [3.8, 4) is 11.1 Å². The Balaban J connectivity index is 1.41. The van der Waals surface area contributed by atoms with Gasteiger partial charge in [0.2, 0.25) is 5.88 Å². The molecule has 1 unspecified atom stereocenters. The molecular formula is C28H18BN3O. The third-order valence-corrected chi connectivity index (χ3v) is 7.87. The first-order valence-electron chi connectivity index (χ1n) is 11.6. The molecule has 0 bridgehead atoms. The predicted octanol–water partition coefficient (Wildman–Crippen LogP) is 6.81.